The molecule has 1 atom stereocenters. The zero-order valence-corrected chi connectivity index (χ0v) is 10.6. The number of halogens is 1. The average molecular weight is 286 g/mol. The number of ether oxygens (including phenoxy) is 1. The Labute approximate surface area is 101 Å². The van der Waals surface area contributed by atoms with Gasteiger partial charge in [-0.15, -0.1) is 0 Å². The number of aliphatic hydroxyl groups is 1. The highest BCUT2D eigenvalue weighted by Crippen LogP contribution is 2.28. The molecule has 6 heteroatoms. The minimum Gasteiger partial charge on any atom is -0.478 e. The quantitative estimate of drug-likeness (QED) is 0.936. The molecule has 0 fully saturated rings. The van der Waals surface area contributed by atoms with Crippen molar-refractivity contribution in [2.24, 2.45) is 0 Å². The van der Waals surface area contributed by atoms with Gasteiger partial charge in [0.25, 0.3) is 5.88 Å². The smallest absolute Gasteiger partial charge is 0.259 e. The van der Waals surface area contributed by atoms with Crippen LogP contribution in [0.1, 0.15) is 25.1 Å². The van der Waals surface area contributed by atoms with Gasteiger partial charge in [0, 0.05) is 12.4 Å². The van der Waals surface area contributed by atoms with Crippen molar-refractivity contribution < 1.29 is 9.84 Å². The summed E-state index contributed by atoms with van der Waals surface area (Å²) in [7, 11) is 1.54. The second-order valence-electron chi connectivity index (χ2n) is 3.34. The van der Waals surface area contributed by atoms with Gasteiger partial charge in [-0.3, -0.25) is 4.40 Å². The van der Waals surface area contributed by atoms with Crippen LogP contribution >= 0.6 is 15.9 Å². The van der Waals surface area contributed by atoms with Crippen LogP contribution in [0.4, 0.5) is 0 Å². The van der Waals surface area contributed by atoms with Crippen LogP contribution in [-0.2, 0) is 0 Å². The largest absolute Gasteiger partial charge is 0.478 e. The summed E-state index contributed by atoms with van der Waals surface area (Å²) in [6.07, 6.45) is 3.46. The van der Waals surface area contributed by atoms with Gasteiger partial charge in [-0.1, -0.05) is 6.92 Å². The number of methoxy groups -OCH3 is 1. The van der Waals surface area contributed by atoms with Gasteiger partial charge in [0.05, 0.1) is 18.9 Å². The van der Waals surface area contributed by atoms with Crippen molar-refractivity contribution in [2.45, 2.75) is 19.4 Å². The standard InChI is InChI=1S/C10H12BrN3O2/c1-3-6(15)7-8(11)13-10(16-2)9-12-4-5-14(7)9/h4-6,15H,3H2,1-2H3. The molecule has 0 saturated heterocycles. The van der Waals surface area contributed by atoms with Gasteiger partial charge in [0.15, 0.2) is 0 Å². The first-order valence-electron chi connectivity index (χ1n) is 4.93. The van der Waals surface area contributed by atoms with Gasteiger partial charge < -0.3 is 9.84 Å². The molecule has 0 saturated carbocycles. The lowest BCUT2D eigenvalue weighted by Gasteiger charge is -2.14. The number of fused-ring (bicyclic) bond motifs is 1. The molecule has 0 radical (unpaired) electrons. The summed E-state index contributed by atoms with van der Waals surface area (Å²) in [4.78, 5) is 8.36. The van der Waals surface area contributed by atoms with Crippen molar-refractivity contribution in [3.05, 3.63) is 22.7 Å². The molecule has 0 aromatic carbocycles. The molecule has 16 heavy (non-hydrogen) atoms. The highest BCUT2D eigenvalue weighted by atomic mass is 79.9. The molecule has 0 bridgehead atoms. The Balaban J connectivity index is 2.74. The molecular weight excluding hydrogens is 274 g/mol. The summed E-state index contributed by atoms with van der Waals surface area (Å²) in [5, 5.41) is 9.93. The van der Waals surface area contributed by atoms with Crippen LogP contribution in [0, 0.1) is 0 Å². The monoisotopic (exact) mass is 285 g/mol. The topological polar surface area (TPSA) is 59.7 Å². The van der Waals surface area contributed by atoms with E-state index in [0.29, 0.717) is 28.2 Å². The van der Waals surface area contributed by atoms with Crippen molar-refractivity contribution >= 4 is 21.6 Å². The van der Waals surface area contributed by atoms with E-state index in [1.165, 1.54) is 0 Å². The molecule has 0 aliphatic heterocycles. The van der Waals surface area contributed by atoms with Crippen LogP contribution in [-0.4, -0.2) is 26.6 Å². The Kier molecular flexibility index (Phi) is 3.11. The van der Waals surface area contributed by atoms with E-state index < -0.39 is 6.10 Å². The minimum absolute atomic E-state index is 0.434. The third kappa shape index (κ3) is 1.68. The molecule has 2 aromatic rings. The van der Waals surface area contributed by atoms with Crippen molar-refractivity contribution in [1.82, 2.24) is 14.4 Å². The predicted octanol–water partition coefficient (Wildman–Crippen LogP) is 1.94. The van der Waals surface area contributed by atoms with E-state index >= 15 is 0 Å². The van der Waals surface area contributed by atoms with Crippen molar-refractivity contribution in [2.75, 3.05) is 7.11 Å². The molecular formula is C10H12BrN3O2. The number of nitrogens with zero attached hydrogens (tertiary/aromatic N) is 3. The molecule has 5 nitrogen and oxygen atoms in total. The van der Waals surface area contributed by atoms with Gasteiger partial charge in [0.1, 0.15) is 4.60 Å². The van der Waals surface area contributed by atoms with E-state index in [1.807, 2.05) is 6.92 Å². The summed E-state index contributed by atoms with van der Waals surface area (Å²) >= 11 is 3.34. The second kappa shape index (κ2) is 4.39. The molecule has 86 valence electrons. The fourth-order valence-corrected chi connectivity index (χ4v) is 2.20. The highest BCUT2D eigenvalue weighted by Gasteiger charge is 2.18. The number of aromatic nitrogens is 3. The molecule has 0 aliphatic carbocycles. The maximum Gasteiger partial charge on any atom is 0.259 e. The number of rotatable bonds is 3. The third-order valence-corrected chi connectivity index (χ3v) is 2.98. The lowest BCUT2D eigenvalue weighted by atomic mass is 10.2. The first-order chi connectivity index (χ1) is 7.69. The Morgan fingerprint density at radius 1 is 1.62 bits per heavy atom. The van der Waals surface area contributed by atoms with Gasteiger partial charge in [0.2, 0.25) is 5.65 Å². The lowest BCUT2D eigenvalue weighted by Crippen LogP contribution is -2.07. The van der Waals surface area contributed by atoms with Gasteiger partial charge >= 0.3 is 0 Å². The normalized spacial score (nSPS) is 13.0. The number of imidazole rings is 1. The molecule has 2 aromatic heterocycles. The third-order valence-electron chi connectivity index (χ3n) is 2.40. The Hall–Kier alpha value is -1.14. The van der Waals surface area contributed by atoms with Crippen molar-refractivity contribution in [3.63, 3.8) is 0 Å². The van der Waals surface area contributed by atoms with E-state index in [2.05, 4.69) is 25.9 Å². The maximum absolute atomic E-state index is 9.93. The second-order valence-corrected chi connectivity index (χ2v) is 4.09. The van der Waals surface area contributed by atoms with E-state index in [0.717, 1.165) is 0 Å². The molecule has 0 aliphatic rings. The van der Waals surface area contributed by atoms with Crippen LogP contribution in [0.2, 0.25) is 0 Å². The van der Waals surface area contributed by atoms with E-state index in [-0.39, 0.29) is 0 Å². The van der Waals surface area contributed by atoms with Crippen LogP contribution in [0.15, 0.2) is 17.0 Å². The van der Waals surface area contributed by atoms with Crippen LogP contribution in [0.25, 0.3) is 5.65 Å². The molecule has 2 rings (SSSR count). The fourth-order valence-electron chi connectivity index (χ4n) is 1.58. The fraction of sp³-hybridized carbons (Fsp3) is 0.400. The van der Waals surface area contributed by atoms with Crippen molar-refractivity contribution in [3.8, 4) is 5.88 Å². The molecule has 1 unspecified atom stereocenters. The predicted molar refractivity (Wildman–Crippen MR) is 62.5 cm³/mol. The van der Waals surface area contributed by atoms with E-state index in [4.69, 9.17) is 4.74 Å². The van der Waals surface area contributed by atoms with Gasteiger partial charge in [-0.05, 0) is 22.4 Å². The lowest BCUT2D eigenvalue weighted by molar-refractivity contribution is 0.165. The maximum atomic E-state index is 9.93. The average Bonchev–Trinajstić information content (AvgIpc) is 2.75. The van der Waals surface area contributed by atoms with Crippen LogP contribution < -0.4 is 4.74 Å². The summed E-state index contributed by atoms with van der Waals surface area (Å²) < 4.78 is 7.48. The summed E-state index contributed by atoms with van der Waals surface area (Å²) in [5.74, 6) is 0.434. The summed E-state index contributed by atoms with van der Waals surface area (Å²) in [5.41, 5.74) is 1.30. The number of aliphatic hydroxyl groups excluding tert-OH is 1. The van der Waals surface area contributed by atoms with E-state index in [1.54, 1.807) is 23.9 Å². The van der Waals surface area contributed by atoms with E-state index in [9.17, 15) is 5.11 Å². The molecule has 0 amide bonds. The SMILES string of the molecule is CCC(O)c1c(Br)nc(OC)c2nccn12. The van der Waals surface area contributed by atoms with Crippen LogP contribution in [0.5, 0.6) is 5.88 Å². The molecule has 1 N–H and O–H groups in total. The van der Waals surface area contributed by atoms with Gasteiger partial charge in [-0.2, -0.15) is 0 Å². The summed E-state index contributed by atoms with van der Waals surface area (Å²) in [6.45, 7) is 1.91. The van der Waals surface area contributed by atoms with Gasteiger partial charge in [-0.25, -0.2) is 9.97 Å². The number of hydrogen-bond donors (Lipinski definition) is 1. The Morgan fingerprint density at radius 3 is 3.00 bits per heavy atom. The van der Waals surface area contributed by atoms with Crippen LogP contribution in [0.3, 0.4) is 0 Å². The first kappa shape index (κ1) is 11.3. The zero-order valence-electron chi connectivity index (χ0n) is 9.01. The molecule has 0 spiro atoms. The number of hydrogen-bond acceptors (Lipinski definition) is 4. The highest BCUT2D eigenvalue weighted by molar-refractivity contribution is 9.10. The Bertz CT molecular complexity index is 512. The Morgan fingerprint density at radius 2 is 2.38 bits per heavy atom. The summed E-state index contributed by atoms with van der Waals surface area (Å²) in [6, 6.07) is 0. The minimum atomic E-state index is -0.579. The molecule has 2 heterocycles. The first-order valence-corrected chi connectivity index (χ1v) is 5.72. The van der Waals surface area contributed by atoms with Crippen molar-refractivity contribution in [1.29, 1.82) is 0 Å². The zero-order chi connectivity index (χ0) is 11.7.